The zero-order chi connectivity index (χ0) is 19.7. The third-order valence-corrected chi connectivity index (χ3v) is 3.41. The quantitative estimate of drug-likeness (QED) is 0.410. The van der Waals surface area contributed by atoms with E-state index in [4.69, 9.17) is 4.74 Å². The topological polar surface area (TPSA) is 92.6 Å². The molecule has 27 heavy (non-hydrogen) atoms. The minimum atomic E-state index is -0.502. The van der Waals surface area contributed by atoms with Crippen LogP contribution in [-0.2, 0) is 11.3 Å². The molecule has 0 aliphatic rings. The Morgan fingerprint density at radius 1 is 1.11 bits per heavy atom. The highest BCUT2D eigenvalue weighted by molar-refractivity contribution is 5.79. The van der Waals surface area contributed by atoms with Gasteiger partial charge in [-0.1, -0.05) is 18.2 Å². The number of benzene rings is 1. The van der Waals surface area contributed by atoms with Crippen molar-refractivity contribution < 1.29 is 9.53 Å². The second-order valence-corrected chi connectivity index (χ2v) is 6.87. The number of carbonyl (C=O) groups is 1. The lowest BCUT2D eigenvalue weighted by molar-refractivity contribution is 0.0529. The van der Waals surface area contributed by atoms with Gasteiger partial charge in [0.05, 0.1) is 17.9 Å². The minimum absolute atomic E-state index is 0.429. The molecule has 0 bridgehead atoms. The van der Waals surface area contributed by atoms with Crippen LogP contribution in [0.2, 0.25) is 0 Å². The van der Waals surface area contributed by atoms with E-state index in [0.29, 0.717) is 25.6 Å². The van der Waals surface area contributed by atoms with Gasteiger partial charge in [0.25, 0.3) is 0 Å². The Balaban J connectivity index is 1.72. The van der Waals surface area contributed by atoms with Crippen molar-refractivity contribution in [3.05, 3.63) is 48.3 Å². The van der Waals surface area contributed by atoms with E-state index in [1.165, 1.54) is 0 Å². The smallest absolute Gasteiger partial charge is 0.407 e. The first-order chi connectivity index (χ1) is 12.9. The van der Waals surface area contributed by atoms with Crippen molar-refractivity contribution in [3.63, 3.8) is 0 Å². The van der Waals surface area contributed by atoms with E-state index in [1.807, 2.05) is 68.0 Å². The molecule has 1 aromatic carbocycles. The average molecular weight is 372 g/mol. The monoisotopic (exact) mass is 372 g/mol. The van der Waals surface area contributed by atoms with Crippen LogP contribution in [0.1, 0.15) is 26.5 Å². The summed E-state index contributed by atoms with van der Waals surface area (Å²) < 4.78 is 7.01. The van der Waals surface area contributed by atoms with Gasteiger partial charge in [-0.3, -0.25) is 4.99 Å². The maximum absolute atomic E-state index is 11.6. The molecule has 146 valence electrons. The number of guanidine groups is 1. The summed E-state index contributed by atoms with van der Waals surface area (Å²) in [5.74, 6) is 0.634. The molecular weight excluding hydrogens is 344 g/mol. The molecule has 0 radical (unpaired) electrons. The van der Waals surface area contributed by atoms with Crippen LogP contribution in [-0.4, -0.2) is 47.6 Å². The van der Waals surface area contributed by atoms with Crippen molar-refractivity contribution >= 4 is 12.1 Å². The van der Waals surface area contributed by atoms with Gasteiger partial charge in [0.1, 0.15) is 5.60 Å². The van der Waals surface area contributed by atoms with Gasteiger partial charge in [0.15, 0.2) is 5.96 Å². The number of aromatic nitrogens is 2. The summed E-state index contributed by atoms with van der Waals surface area (Å²) in [6.07, 6.45) is 1.49. The van der Waals surface area contributed by atoms with Gasteiger partial charge >= 0.3 is 6.09 Å². The maximum Gasteiger partial charge on any atom is 0.407 e. The summed E-state index contributed by atoms with van der Waals surface area (Å²) in [4.78, 5) is 15.7. The summed E-state index contributed by atoms with van der Waals surface area (Å²) in [6, 6.07) is 11.9. The van der Waals surface area contributed by atoms with E-state index in [2.05, 4.69) is 26.0 Å². The lowest BCUT2D eigenvalue weighted by Gasteiger charge is -2.19. The third-order valence-electron chi connectivity index (χ3n) is 3.41. The fourth-order valence-electron chi connectivity index (χ4n) is 2.24. The molecule has 0 unspecified atom stereocenters. The first-order valence-corrected chi connectivity index (χ1v) is 8.89. The fraction of sp³-hybridized carbons (Fsp3) is 0.421. The van der Waals surface area contributed by atoms with Gasteiger partial charge in [0.2, 0.25) is 0 Å². The molecule has 0 fully saturated rings. The number of carbonyl (C=O) groups excluding carboxylic acids is 1. The van der Waals surface area contributed by atoms with Crippen LogP contribution in [0.15, 0.2) is 47.6 Å². The zero-order valence-corrected chi connectivity index (χ0v) is 16.3. The van der Waals surface area contributed by atoms with Gasteiger partial charge in [0, 0.05) is 26.3 Å². The number of ether oxygens (including phenoxy) is 1. The summed E-state index contributed by atoms with van der Waals surface area (Å²) in [7, 11) is 1.69. The Bertz CT molecular complexity index is 749. The lowest BCUT2D eigenvalue weighted by Crippen LogP contribution is -2.42. The largest absolute Gasteiger partial charge is 0.444 e. The maximum atomic E-state index is 11.6. The van der Waals surface area contributed by atoms with Gasteiger partial charge in [-0.25, -0.2) is 9.48 Å². The number of amides is 1. The molecule has 1 heterocycles. The normalized spacial score (nSPS) is 11.8. The SMILES string of the molecule is CN=C(NCCNC(=O)OC(C)(C)C)NCc1ccn(-c2ccccc2)n1. The number of rotatable bonds is 6. The molecule has 8 nitrogen and oxygen atoms in total. The second-order valence-electron chi connectivity index (χ2n) is 6.87. The van der Waals surface area contributed by atoms with E-state index in [-0.39, 0.29) is 0 Å². The van der Waals surface area contributed by atoms with Crippen LogP contribution in [0.3, 0.4) is 0 Å². The Labute approximate surface area is 160 Å². The Kier molecular flexibility index (Phi) is 7.22. The van der Waals surface area contributed by atoms with Gasteiger partial charge in [-0.2, -0.15) is 5.10 Å². The molecule has 0 spiro atoms. The number of para-hydroxylation sites is 1. The average Bonchev–Trinajstić information content (AvgIpc) is 3.09. The summed E-state index contributed by atoms with van der Waals surface area (Å²) in [5, 5.41) is 13.6. The van der Waals surface area contributed by atoms with E-state index >= 15 is 0 Å². The Hall–Kier alpha value is -3.03. The van der Waals surface area contributed by atoms with Gasteiger partial charge in [-0.05, 0) is 39.0 Å². The van der Waals surface area contributed by atoms with Crippen molar-refractivity contribution in [3.8, 4) is 5.69 Å². The first kappa shape index (κ1) is 20.3. The minimum Gasteiger partial charge on any atom is -0.444 e. The molecule has 2 rings (SSSR count). The van der Waals surface area contributed by atoms with Crippen LogP contribution in [0, 0.1) is 0 Å². The molecule has 0 atom stereocenters. The van der Waals surface area contributed by atoms with E-state index in [0.717, 1.165) is 11.4 Å². The van der Waals surface area contributed by atoms with Crippen molar-refractivity contribution in [2.45, 2.75) is 32.9 Å². The third kappa shape index (κ3) is 7.39. The summed E-state index contributed by atoms with van der Waals surface area (Å²) >= 11 is 0. The molecule has 1 aromatic heterocycles. The summed E-state index contributed by atoms with van der Waals surface area (Å²) in [6.45, 7) is 6.98. The molecular formula is C19H28N6O2. The number of alkyl carbamates (subject to hydrolysis) is 1. The summed E-state index contributed by atoms with van der Waals surface area (Å²) in [5.41, 5.74) is 1.41. The lowest BCUT2D eigenvalue weighted by atomic mass is 10.2. The van der Waals surface area contributed by atoms with Crippen molar-refractivity contribution in [1.82, 2.24) is 25.7 Å². The predicted molar refractivity (Wildman–Crippen MR) is 106 cm³/mol. The van der Waals surface area contributed by atoms with Crippen LogP contribution in [0.5, 0.6) is 0 Å². The highest BCUT2D eigenvalue weighted by Crippen LogP contribution is 2.07. The Morgan fingerprint density at radius 3 is 2.48 bits per heavy atom. The molecule has 0 saturated heterocycles. The van der Waals surface area contributed by atoms with Crippen molar-refractivity contribution in [1.29, 1.82) is 0 Å². The first-order valence-electron chi connectivity index (χ1n) is 8.89. The van der Waals surface area contributed by atoms with E-state index in [1.54, 1.807) is 7.05 Å². The van der Waals surface area contributed by atoms with E-state index < -0.39 is 11.7 Å². The molecule has 0 aliphatic carbocycles. The fourth-order valence-corrected chi connectivity index (χ4v) is 2.24. The molecule has 8 heteroatoms. The number of nitrogens with zero attached hydrogens (tertiary/aromatic N) is 3. The molecule has 3 N–H and O–H groups in total. The van der Waals surface area contributed by atoms with Crippen molar-refractivity contribution in [2.75, 3.05) is 20.1 Å². The number of hydrogen-bond acceptors (Lipinski definition) is 4. The Morgan fingerprint density at radius 2 is 1.81 bits per heavy atom. The number of hydrogen-bond donors (Lipinski definition) is 3. The highest BCUT2D eigenvalue weighted by Gasteiger charge is 2.15. The van der Waals surface area contributed by atoms with Gasteiger partial charge < -0.3 is 20.7 Å². The van der Waals surface area contributed by atoms with Gasteiger partial charge in [-0.15, -0.1) is 0 Å². The standard InChI is InChI=1S/C19H28N6O2/c1-19(2,3)27-18(26)22-12-11-21-17(20-4)23-14-15-10-13-25(24-15)16-8-6-5-7-9-16/h5-10,13H,11-12,14H2,1-4H3,(H,22,26)(H2,20,21,23). The number of nitrogens with one attached hydrogen (secondary N) is 3. The highest BCUT2D eigenvalue weighted by atomic mass is 16.6. The van der Waals surface area contributed by atoms with Crippen molar-refractivity contribution in [2.24, 2.45) is 4.99 Å². The second kappa shape index (κ2) is 9.61. The van der Waals surface area contributed by atoms with Crippen LogP contribution >= 0.6 is 0 Å². The molecule has 0 saturated carbocycles. The van der Waals surface area contributed by atoms with Crippen LogP contribution < -0.4 is 16.0 Å². The van der Waals surface area contributed by atoms with Crippen LogP contribution in [0.4, 0.5) is 4.79 Å². The molecule has 0 aliphatic heterocycles. The zero-order valence-electron chi connectivity index (χ0n) is 16.3. The number of aliphatic imine (C=N–C) groups is 1. The molecule has 2 aromatic rings. The van der Waals surface area contributed by atoms with E-state index in [9.17, 15) is 4.79 Å². The predicted octanol–water partition coefficient (Wildman–Crippen LogP) is 2.06. The van der Waals surface area contributed by atoms with Crippen LogP contribution in [0.25, 0.3) is 5.69 Å². The molecule has 1 amide bonds.